The van der Waals surface area contributed by atoms with Crippen LogP contribution in [0.3, 0.4) is 0 Å². The molecule has 5 aromatic rings. The van der Waals surface area contributed by atoms with Gasteiger partial charge in [-0.3, -0.25) is 9.78 Å². The van der Waals surface area contributed by atoms with Gasteiger partial charge >= 0.3 is 0 Å². The number of nitrogens with one attached hydrogen (secondary N) is 1. The van der Waals surface area contributed by atoms with Gasteiger partial charge in [0.1, 0.15) is 0 Å². The van der Waals surface area contributed by atoms with E-state index in [2.05, 4.69) is 82.6 Å². The van der Waals surface area contributed by atoms with Crippen LogP contribution in [0, 0.1) is 13.8 Å². The van der Waals surface area contributed by atoms with Crippen LogP contribution in [0.5, 0.6) is 0 Å². The number of rotatable bonds is 5. The third kappa shape index (κ3) is 5.16. The topological polar surface area (TPSA) is 74.2 Å². The Morgan fingerprint density at radius 2 is 1.56 bits per heavy atom. The van der Waals surface area contributed by atoms with Crippen LogP contribution in [0.2, 0.25) is 0 Å². The zero-order valence-corrected chi connectivity index (χ0v) is 22.1. The second kappa shape index (κ2) is 10.5. The fourth-order valence-electron chi connectivity index (χ4n) is 5.25. The molecule has 1 aliphatic heterocycles. The number of anilines is 3. The summed E-state index contributed by atoms with van der Waals surface area (Å²) < 4.78 is 0. The minimum atomic E-state index is 0.0634. The van der Waals surface area contributed by atoms with Gasteiger partial charge in [0, 0.05) is 67.1 Å². The number of benzene rings is 3. The first-order valence-electron chi connectivity index (χ1n) is 13.2. The van der Waals surface area contributed by atoms with Crippen LogP contribution in [0.15, 0.2) is 91.4 Å². The average Bonchev–Trinajstić information content (AvgIpc) is 2.98. The number of fused-ring (bicyclic) bond motifs is 1. The molecule has 0 spiro atoms. The molecule has 0 unspecified atom stereocenters. The van der Waals surface area contributed by atoms with Crippen molar-refractivity contribution in [2.45, 2.75) is 13.8 Å². The van der Waals surface area contributed by atoms with Gasteiger partial charge in [-0.2, -0.15) is 0 Å². The van der Waals surface area contributed by atoms with Crippen molar-refractivity contribution in [3.05, 3.63) is 108 Å². The Morgan fingerprint density at radius 1 is 0.846 bits per heavy atom. The summed E-state index contributed by atoms with van der Waals surface area (Å²) >= 11 is 0. The molecular formula is C32H30N6O. The third-order valence-corrected chi connectivity index (χ3v) is 7.33. The highest BCUT2D eigenvalue weighted by Gasteiger charge is 2.22. The predicted octanol–water partition coefficient (Wildman–Crippen LogP) is 6.01. The van der Waals surface area contributed by atoms with E-state index in [9.17, 15) is 4.79 Å². The number of carbonyl (C=O) groups is 1. The van der Waals surface area contributed by atoms with Crippen LogP contribution in [-0.2, 0) is 0 Å². The molecule has 7 heteroatoms. The summed E-state index contributed by atoms with van der Waals surface area (Å²) in [4.78, 5) is 30.2. The van der Waals surface area contributed by atoms with E-state index in [0.29, 0.717) is 24.6 Å². The number of pyridine rings is 1. The molecule has 1 amide bonds. The molecule has 0 radical (unpaired) electrons. The maximum Gasteiger partial charge on any atom is 0.254 e. The molecule has 0 saturated carbocycles. The summed E-state index contributed by atoms with van der Waals surface area (Å²) in [6, 6.07) is 24.6. The first-order chi connectivity index (χ1) is 19.0. The van der Waals surface area contributed by atoms with Gasteiger partial charge in [-0.15, -0.1) is 0 Å². The molecule has 194 valence electrons. The van der Waals surface area contributed by atoms with E-state index in [0.717, 1.165) is 35.4 Å². The number of piperazine rings is 1. The van der Waals surface area contributed by atoms with Crippen LogP contribution in [0.1, 0.15) is 21.5 Å². The molecule has 6 rings (SSSR count). The average molecular weight is 515 g/mol. The summed E-state index contributed by atoms with van der Waals surface area (Å²) in [5, 5.41) is 4.34. The Bertz CT molecular complexity index is 1610. The Kier molecular flexibility index (Phi) is 6.63. The molecular weight excluding hydrogens is 484 g/mol. The third-order valence-electron chi connectivity index (χ3n) is 7.33. The minimum absolute atomic E-state index is 0.0634. The molecule has 0 atom stereocenters. The SMILES string of the molecule is Cc1cccc(C)c1-c1ccc2nc(Nc3ccc(N4CCN(C(=O)c5ccncc5)CC4)cc3)ncc2c1. The van der Waals surface area contributed by atoms with Crippen molar-refractivity contribution in [3.63, 3.8) is 0 Å². The van der Waals surface area contributed by atoms with Gasteiger partial charge in [0.25, 0.3) is 5.91 Å². The van der Waals surface area contributed by atoms with Crippen molar-refractivity contribution in [1.82, 2.24) is 19.9 Å². The zero-order chi connectivity index (χ0) is 26.8. The maximum atomic E-state index is 12.7. The van der Waals surface area contributed by atoms with E-state index in [-0.39, 0.29) is 5.91 Å². The zero-order valence-electron chi connectivity index (χ0n) is 22.1. The van der Waals surface area contributed by atoms with Crippen molar-refractivity contribution < 1.29 is 4.79 Å². The fourth-order valence-corrected chi connectivity index (χ4v) is 5.25. The largest absolute Gasteiger partial charge is 0.368 e. The van der Waals surface area contributed by atoms with E-state index in [1.807, 2.05) is 23.2 Å². The Balaban J connectivity index is 1.10. The van der Waals surface area contributed by atoms with Crippen molar-refractivity contribution in [1.29, 1.82) is 0 Å². The van der Waals surface area contributed by atoms with Gasteiger partial charge in [-0.25, -0.2) is 9.97 Å². The van der Waals surface area contributed by atoms with Gasteiger partial charge in [-0.05, 0) is 84.6 Å². The van der Waals surface area contributed by atoms with Gasteiger partial charge < -0.3 is 15.1 Å². The number of carbonyl (C=O) groups excluding carboxylic acids is 1. The Labute approximate surface area is 228 Å². The predicted molar refractivity (Wildman–Crippen MR) is 157 cm³/mol. The first-order valence-corrected chi connectivity index (χ1v) is 13.2. The lowest BCUT2D eigenvalue weighted by molar-refractivity contribution is 0.0746. The normalized spacial score (nSPS) is 13.5. The molecule has 1 saturated heterocycles. The Hall–Kier alpha value is -4.78. The molecule has 0 aliphatic carbocycles. The van der Waals surface area contributed by atoms with Gasteiger partial charge in [0.15, 0.2) is 0 Å². The highest BCUT2D eigenvalue weighted by atomic mass is 16.2. The lowest BCUT2D eigenvalue weighted by Crippen LogP contribution is -2.48. The molecule has 3 heterocycles. The quantitative estimate of drug-likeness (QED) is 0.309. The molecule has 1 fully saturated rings. The second-order valence-electron chi connectivity index (χ2n) is 9.92. The van der Waals surface area contributed by atoms with Crippen LogP contribution in [-0.4, -0.2) is 51.9 Å². The molecule has 1 aliphatic rings. The van der Waals surface area contributed by atoms with Crippen molar-refractivity contribution >= 4 is 34.1 Å². The number of hydrogen-bond acceptors (Lipinski definition) is 6. The number of aryl methyl sites for hydroxylation is 2. The smallest absolute Gasteiger partial charge is 0.254 e. The van der Waals surface area contributed by atoms with E-state index >= 15 is 0 Å². The van der Waals surface area contributed by atoms with Gasteiger partial charge in [0.05, 0.1) is 5.52 Å². The monoisotopic (exact) mass is 514 g/mol. The van der Waals surface area contributed by atoms with Gasteiger partial charge in [-0.1, -0.05) is 24.3 Å². The van der Waals surface area contributed by atoms with Crippen LogP contribution < -0.4 is 10.2 Å². The van der Waals surface area contributed by atoms with Crippen molar-refractivity contribution in [2.24, 2.45) is 0 Å². The summed E-state index contributed by atoms with van der Waals surface area (Å²) in [5.41, 5.74) is 8.62. The molecule has 0 bridgehead atoms. The molecule has 2 aromatic heterocycles. The number of amides is 1. The van der Waals surface area contributed by atoms with Crippen LogP contribution in [0.25, 0.3) is 22.0 Å². The van der Waals surface area contributed by atoms with Gasteiger partial charge in [0.2, 0.25) is 5.95 Å². The summed E-state index contributed by atoms with van der Waals surface area (Å²) in [6.45, 7) is 7.26. The highest BCUT2D eigenvalue weighted by molar-refractivity contribution is 5.94. The highest BCUT2D eigenvalue weighted by Crippen LogP contribution is 2.30. The second-order valence-corrected chi connectivity index (χ2v) is 9.92. The summed E-state index contributed by atoms with van der Waals surface area (Å²) in [6.07, 6.45) is 5.19. The number of nitrogens with zero attached hydrogens (tertiary/aromatic N) is 5. The lowest BCUT2D eigenvalue weighted by atomic mass is 9.95. The summed E-state index contributed by atoms with van der Waals surface area (Å²) in [5.74, 6) is 0.631. The van der Waals surface area contributed by atoms with E-state index in [1.165, 1.54) is 22.3 Å². The lowest BCUT2D eigenvalue weighted by Gasteiger charge is -2.36. The maximum absolute atomic E-state index is 12.7. The molecule has 39 heavy (non-hydrogen) atoms. The van der Waals surface area contributed by atoms with E-state index < -0.39 is 0 Å². The van der Waals surface area contributed by atoms with Crippen LogP contribution in [0.4, 0.5) is 17.3 Å². The first kappa shape index (κ1) is 24.6. The van der Waals surface area contributed by atoms with E-state index in [1.54, 1.807) is 24.5 Å². The fraction of sp³-hybridized carbons (Fsp3) is 0.188. The Morgan fingerprint density at radius 3 is 2.28 bits per heavy atom. The minimum Gasteiger partial charge on any atom is -0.368 e. The number of aromatic nitrogens is 3. The number of hydrogen-bond donors (Lipinski definition) is 1. The van der Waals surface area contributed by atoms with Crippen molar-refractivity contribution in [2.75, 3.05) is 36.4 Å². The standard InChI is InChI=1S/C32H30N6O/c1-22-4-3-5-23(2)30(22)25-6-11-29-26(20-25)21-34-32(36-29)35-27-7-9-28(10-8-27)37-16-18-38(19-17-37)31(39)24-12-14-33-15-13-24/h3-15,20-21H,16-19H2,1-2H3,(H,34,35,36). The van der Waals surface area contributed by atoms with Crippen molar-refractivity contribution in [3.8, 4) is 11.1 Å². The summed E-state index contributed by atoms with van der Waals surface area (Å²) in [7, 11) is 0. The molecule has 3 aromatic carbocycles. The molecule has 7 nitrogen and oxygen atoms in total. The van der Waals surface area contributed by atoms with Crippen LogP contribution >= 0.6 is 0 Å². The van der Waals surface area contributed by atoms with E-state index in [4.69, 9.17) is 4.98 Å². The molecule has 1 N–H and O–H groups in total.